The third kappa shape index (κ3) is 3.38. The Morgan fingerprint density at radius 3 is 2.75 bits per heavy atom. The zero-order valence-electron chi connectivity index (χ0n) is 4.69. The molecule has 2 amide bonds. The van der Waals surface area contributed by atoms with E-state index in [4.69, 9.17) is 5.84 Å². The van der Waals surface area contributed by atoms with Gasteiger partial charge in [-0.05, 0) is 0 Å². The van der Waals surface area contributed by atoms with Crippen LogP contribution in [0, 0.1) is 0 Å². The number of nitrogens with one attached hydrogen (secondary N) is 3. The molecule has 0 radical (unpaired) electrons. The highest BCUT2D eigenvalue weighted by molar-refractivity contribution is 5.72. The molecule has 8 heavy (non-hydrogen) atoms. The van der Waals surface area contributed by atoms with Crippen LogP contribution in [-0.2, 0) is 0 Å². The van der Waals surface area contributed by atoms with Gasteiger partial charge in [-0.1, -0.05) is 6.92 Å². The van der Waals surface area contributed by atoms with E-state index in [1.807, 2.05) is 12.3 Å². The molecule has 5 nitrogen and oxygen atoms in total. The molecule has 0 aliphatic carbocycles. The van der Waals surface area contributed by atoms with Gasteiger partial charge in [0.15, 0.2) is 0 Å². The van der Waals surface area contributed by atoms with Crippen molar-refractivity contribution in [3.8, 4) is 0 Å². The van der Waals surface area contributed by atoms with Crippen molar-refractivity contribution >= 4 is 6.03 Å². The van der Waals surface area contributed by atoms with Crippen LogP contribution in [0.4, 0.5) is 4.79 Å². The summed E-state index contributed by atoms with van der Waals surface area (Å²) in [6.45, 7) is 2.53. The molecule has 5 N–H and O–H groups in total. The van der Waals surface area contributed by atoms with Crippen molar-refractivity contribution in [2.45, 2.75) is 6.92 Å². The van der Waals surface area contributed by atoms with E-state index in [0.29, 0.717) is 6.54 Å². The van der Waals surface area contributed by atoms with Gasteiger partial charge in [-0.15, -0.1) is 0 Å². The summed E-state index contributed by atoms with van der Waals surface area (Å²) < 4.78 is 0. The van der Waals surface area contributed by atoms with Gasteiger partial charge in [-0.3, -0.25) is 10.9 Å². The molecule has 0 heterocycles. The Bertz CT molecular complexity index is 73.7. The van der Waals surface area contributed by atoms with Gasteiger partial charge < -0.3 is 0 Å². The quantitative estimate of drug-likeness (QED) is 0.206. The van der Waals surface area contributed by atoms with E-state index in [0.717, 1.165) is 0 Å². The monoisotopic (exact) mass is 118 g/mol. The Labute approximate surface area is 47.6 Å². The second kappa shape index (κ2) is 4.35. The molecule has 0 bridgehead atoms. The Morgan fingerprint density at radius 2 is 2.38 bits per heavy atom. The number of urea groups is 1. The standard InChI is InChI=1S/C3H10N4O/c1-2-5-7-3(8)6-4/h5H,2,4H2,1H3,(H2,6,7,8). The second-order valence-electron chi connectivity index (χ2n) is 1.13. The summed E-state index contributed by atoms with van der Waals surface area (Å²) >= 11 is 0. The highest BCUT2D eigenvalue weighted by Gasteiger charge is 1.88. The summed E-state index contributed by atoms with van der Waals surface area (Å²) in [5.74, 6) is 4.71. The van der Waals surface area contributed by atoms with Crippen molar-refractivity contribution in [1.82, 2.24) is 16.3 Å². The fourth-order valence-corrected chi connectivity index (χ4v) is 0.205. The van der Waals surface area contributed by atoms with Gasteiger partial charge in [-0.25, -0.2) is 16.1 Å². The van der Waals surface area contributed by atoms with Crippen molar-refractivity contribution < 1.29 is 4.79 Å². The number of hydrogen-bond acceptors (Lipinski definition) is 3. The molecule has 0 spiro atoms. The largest absolute Gasteiger partial charge is 0.343 e. The smallest absolute Gasteiger partial charge is 0.275 e. The van der Waals surface area contributed by atoms with Crippen LogP contribution >= 0.6 is 0 Å². The maximum atomic E-state index is 10.2. The molecular formula is C3H10N4O. The number of carbonyl (C=O) groups excluding carboxylic acids is 1. The van der Waals surface area contributed by atoms with E-state index in [-0.39, 0.29) is 0 Å². The van der Waals surface area contributed by atoms with Gasteiger partial charge in [-0.2, -0.15) is 0 Å². The Hall–Kier alpha value is -0.810. The molecule has 0 saturated heterocycles. The molecule has 0 aliphatic heterocycles. The SMILES string of the molecule is CCNNC(=O)NN. The summed E-state index contributed by atoms with van der Waals surface area (Å²) in [6, 6.07) is -0.438. The van der Waals surface area contributed by atoms with Crippen LogP contribution in [0.3, 0.4) is 0 Å². The highest BCUT2D eigenvalue weighted by atomic mass is 16.2. The maximum absolute atomic E-state index is 10.2. The Balaban J connectivity index is 2.99. The summed E-state index contributed by atoms with van der Waals surface area (Å²) in [7, 11) is 0. The molecule has 0 aromatic carbocycles. The fourth-order valence-electron chi connectivity index (χ4n) is 0.205. The molecule has 0 atom stereocenters. The van der Waals surface area contributed by atoms with E-state index >= 15 is 0 Å². The lowest BCUT2D eigenvalue weighted by atomic mass is 10.8. The summed E-state index contributed by atoms with van der Waals surface area (Å²) in [5.41, 5.74) is 6.70. The molecule has 48 valence electrons. The van der Waals surface area contributed by atoms with Crippen molar-refractivity contribution in [1.29, 1.82) is 0 Å². The van der Waals surface area contributed by atoms with E-state index in [1.54, 1.807) is 0 Å². The Kier molecular flexibility index (Phi) is 3.91. The third-order valence-electron chi connectivity index (χ3n) is 0.510. The lowest BCUT2D eigenvalue weighted by Crippen LogP contribution is -2.46. The number of hydrazine groups is 2. The van der Waals surface area contributed by atoms with Crippen LogP contribution < -0.4 is 22.1 Å². The van der Waals surface area contributed by atoms with Gasteiger partial charge in [0.2, 0.25) is 0 Å². The molecular weight excluding hydrogens is 108 g/mol. The molecule has 0 aromatic heterocycles. The number of carbonyl (C=O) groups is 1. The minimum atomic E-state index is -0.438. The molecule has 0 rings (SSSR count). The normalized spacial score (nSPS) is 8.25. The number of rotatable bonds is 2. The number of amides is 2. The van der Waals surface area contributed by atoms with E-state index < -0.39 is 6.03 Å². The topological polar surface area (TPSA) is 79.2 Å². The third-order valence-corrected chi connectivity index (χ3v) is 0.510. The van der Waals surface area contributed by atoms with Gasteiger partial charge in [0.25, 0.3) is 0 Å². The van der Waals surface area contributed by atoms with Crippen molar-refractivity contribution in [2.75, 3.05) is 6.54 Å². The summed E-state index contributed by atoms with van der Waals surface area (Å²) in [4.78, 5) is 10.2. The van der Waals surface area contributed by atoms with Gasteiger partial charge in [0.05, 0.1) is 0 Å². The lowest BCUT2D eigenvalue weighted by Gasteiger charge is -2.00. The zero-order valence-corrected chi connectivity index (χ0v) is 4.69. The van der Waals surface area contributed by atoms with Crippen LogP contribution in [-0.4, -0.2) is 12.6 Å². The molecule has 0 saturated carbocycles. The van der Waals surface area contributed by atoms with Gasteiger partial charge in [0.1, 0.15) is 0 Å². The number of hydrogen-bond donors (Lipinski definition) is 4. The van der Waals surface area contributed by atoms with E-state index in [1.165, 1.54) is 0 Å². The van der Waals surface area contributed by atoms with Gasteiger partial charge >= 0.3 is 6.03 Å². The molecule has 0 aliphatic rings. The molecule has 5 heteroatoms. The first-order valence-electron chi connectivity index (χ1n) is 2.30. The van der Waals surface area contributed by atoms with E-state index in [9.17, 15) is 4.79 Å². The fraction of sp³-hybridized carbons (Fsp3) is 0.667. The summed E-state index contributed by atoms with van der Waals surface area (Å²) in [6.07, 6.45) is 0. The average molecular weight is 118 g/mol. The lowest BCUT2D eigenvalue weighted by molar-refractivity contribution is 0.237. The molecule has 0 unspecified atom stereocenters. The number of nitrogens with two attached hydrogens (primary N) is 1. The van der Waals surface area contributed by atoms with Crippen LogP contribution in [0.15, 0.2) is 0 Å². The van der Waals surface area contributed by atoms with Crippen LogP contribution in [0.25, 0.3) is 0 Å². The Morgan fingerprint density at radius 1 is 1.75 bits per heavy atom. The first kappa shape index (κ1) is 7.19. The van der Waals surface area contributed by atoms with Crippen LogP contribution in [0.1, 0.15) is 6.92 Å². The van der Waals surface area contributed by atoms with E-state index in [2.05, 4.69) is 10.9 Å². The average Bonchev–Trinajstić information content (AvgIpc) is 1.83. The minimum Gasteiger partial charge on any atom is -0.275 e. The molecule has 0 aromatic rings. The maximum Gasteiger partial charge on any atom is 0.343 e. The van der Waals surface area contributed by atoms with Crippen molar-refractivity contribution in [3.63, 3.8) is 0 Å². The first-order chi connectivity index (χ1) is 3.81. The van der Waals surface area contributed by atoms with Crippen molar-refractivity contribution in [3.05, 3.63) is 0 Å². The van der Waals surface area contributed by atoms with Gasteiger partial charge in [0, 0.05) is 6.54 Å². The summed E-state index contributed by atoms with van der Waals surface area (Å²) in [5, 5.41) is 0. The zero-order chi connectivity index (χ0) is 6.41. The second-order valence-corrected chi connectivity index (χ2v) is 1.13. The minimum absolute atomic E-state index is 0.438. The molecule has 0 fully saturated rings. The van der Waals surface area contributed by atoms with Crippen molar-refractivity contribution in [2.24, 2.45) is 5.84 Å². The van der Waals surface area contributed by atoms with Crippen LogP contribution in [0.2, 0.25) is 0 Å². The van der Waals surface area contributed by atoms with Crippen LogP contribution in [0.5, 0.6) is 0 Å². The highest BCUT2D eigenvalue weighted by Crippen LogP contribution is 1.50. The predicted octanol–water partition coefficient (Wildman–Crippen LogP) is -1.32. The first-order valence-corrected chi connectivity index (χ1v) is 2.30. The predicted molar refractivity (Wildman–Crippen MR) is 29.5 cm³/mol.